The first-order chi connectivity index (χ1) is 10.1. The zero-order valence-electron chi connectivity index (χ0n) is 12.4. The van der Waals surface area contributed by atoms with E-state index in [2.05, 4.69) is 0 Å². The molecule has 0 spiro atoms. The molecule has 1 aliphatic heterocycles. The van der Waals surface area contributed by atoms with Gasteiger partial charge in [0.15, 0.2) is 0 Å². The van der Waals surface area contributed by atoms with Gasteiger partial charge in [0, 0.05) is 26.2 Å². The predicted octanol–water partition coefficient (Wildman–Crippen LogP) is 1.94. The zero-order chi connectivity index (χ0) is 15.4. The summed E-state index contributed by atoms with van der Waals surface area (Å²) >= 11 is 0. The molecule has 3 amide bonds. The molecule has 0 saturated carbocycles. The molecule has 5 nitrogen and oxygen atoms in total. The molecule has 6 heteroatoms. The molecule has 1 saturated heterocycles. The number of likely N-dealkylation sites (N-methyl/N-ethyl adjacent to an activating group) is 1. The van der Waals surface area contributed by atoms with E-state index in [0.717, 1.165) is 0 Å². The first-order valence-electron chi connectivity index (χ1n) is 7.17. The summed E-state index contributed by atoms with van der Waals surface area (Å²) in [5, 5.41) is 0. The SMILES string of the molecule is CCN(CC)C(=O)CN1CCN(c2ccccc2F)C1=O. The molecular weight excluding hydrogens is 273 g/mol. The van der Waals surface area contributed by atoms with Crippen molar-refractivity contribution in [2.45, 2.75) is 13.8 Å². The second-order valence-electron chi connectivity index (χ2n) is 4.87. The van der Waals surface area contributed by atoms with Gasteiger partial charge in [0.1, 0.15) is 12.4 Å². The smallest absolute Gasteiger partial charge is 0.325 e. The number of urea groups is 1. The Hall–Kier alpha value is -2.11. The van der Waals surface area contributed by atoms with Gasteiger partial charge in [-0.05, 0) is 26.0 Å². The summed E-state index contributed by atoms with van der Waals surface area (Å²) < 4.78 is 13.8. The number of carbonyl (C=O) groups excluding carboxylic acids is 2. The Balaban J connectivity index is 2.05. The third kappa shape index (κ3) is 3.15. The highest BCUT2D eigenvalue weighted by atomic mass is 19.1. The van der Waals surface area contributed by atoms with Gasteiger partial charge >= 0.3 is 6.03 Å². The van der Waals surface area contributed by atoms with Crippen LogP contribution in [0.5, 0.6) is 0 Å². The molecule has 21 heavy (non-hydrogen) atoms. The number of rotatable bonds is 5. The summed E-state index contributed by atoms with van der Waals surface area (Å²) in [6.45, 7) is 5.91. The largest absolute Gasteiger partial charge is 0.342 e. The molecule has 1 fully saturated rings. The van der Waals surface area contributed by atoms with E-state index in [1.807, 2.05) is 13.8 Å². The summed E-state index contributed by atoms with van der Waals surface area (Å²) in [7, 11) is 0. The number of anilines is 1. The van der Waals surface area contributed by atoms with Crippen LogP contribution in [-0.2, 0) is 4.79 Å². The van der Waals surface area contributed by atoms with Gasteiger partial charge in [-0.25, -0.2) is 9.18 Å². The normalized spacial score (nSPS) is 14.7. The Morgan fingerprint density at radius 2 is 1.90 bits per heavy atom. The summed E-state index contributed by atoms with van der Waals surface area (Å²) in [4.78, 5) is 28.9. The zero-order valence-corrected chi connectivity index (χ0v) is 12.4. The van der Waals surface area contributed by atoms with Crippen molar-refractivity contribution in [3.63, 3.8) is 0 Å². The van der Waals surface area contributed by atoms with Gasteiger partial charge in [0.2, 0.25) is 5.91 Å². The Morgan fingerprint density at radius 1 is 1.24 bits per heavy atom. The van der Waals surface area contributed by atoms with Crippen molar-refractivity contribution in [2.24, 2.45) is 0 Å². The maximum atomic E-state index is 13.8. The van der Waals surface area contributed by atoms with Crippen LogP contribution in [0, 0.1) is 5.82 Å². The lowest BCUT2D eigenvalue weighted by molar-refractivity contribution is -0.131. The van der Waals surface area contributed by atoms with E-state index < -0.39 is 5.82 Å². The standard InChI is InChI=1S/C15H20FN3O2/c1-3-17(4-2)14(20)11-18-9-10-19(15(18)21)13-8-6-5-7-12(13)16/h5-8H,3-4,9-11H2,1-2H3. The van der Waals surface area contributed by atoms with Crippen molar-refractivity contribution < 1.29 is 14.0 Å². The van der Waals surface area contributed by atoms with E-state index >= 15 is 0 Å². The van der Waals surface area contributed by atoms with Crippen LogP contribution in [0.4, 0.5) is 14.9 Å². The molecule has 1 aliphatic rings. The molecule has 0 aromatic heterocycles. The fraction of sp³-hybridized carbons (Fsp3) is 0.467. The number of nitrogens with zero attached hydrogens (tertiary/aromatic N) is 3. The van der Waals surface area contributed by atoms with Crippen molar-refractivity contribution in [3.8, 4) is 0 Å². The predicted molar refractivity (Wildman–Crippen MR) is 78.6 cm³/mol. The number of para-hydroxylation sites is 1. The van der Waals surface area contributed by atoms with E-state index in [-0.39, 0.29) is 24.2 Å². The Morgan fingerprint density at radius 3 is 2.52 bits per heavy atom. The molecule has 114 valence electrons. The molecule has 0 radical (unpaired) electrons. The average molecular weight is 293 g/mol. The molecule has 1 aromatic carbocycles. The summed E-state index contributed by atoms with van der Waals surface area (Å²) in [5.41, 5.74) is 0.264. The van der Waals surface area contributed by atoms with Gasteiger partial charge in [0.05, 0.1) is 5.69 Å². The lowest BCUT2D eigenvalue weighted by Crippen LogP contribution is -2.42. The highest BCUT2D eigenvalue weighted by molar-refractivity contribution is 5.96. The fourth-order valence-electron chi connectivity index (χ4n) is 2.46. The van der Waals surface area contributed by atoms with Gasteiger partial charge in [0.25, 0.3) is 0 Å². The van der Waals surface area contributed by atoms with Crippen molar-refractivity contribution in [3.05, 3.63) is 30.1 Å². The van der Waals surface area contributed by atoms with E-state index in [0.29, 0.717) is 26.2 Å². The van der Waals surface area contributed by atoms with Crippen LogP contribution >= 0.6 is 0 Å². The van der Waals surface area contributed by atoms with Gasteiger partial charge in [-0.3, -0.25) is 9.69 Å². The fourth-order valence-corrected chi connectivity index (χ4v) is 2.46. The summed E-state index contributed by atoms with van der Waals surface area (Å²) in [6, 6.07) is 5.85. The van der Waals surface area contributed by atoms with E-state index in [4.69, 9.17) is 0 Å². The highest BCUT2D eigenvalue weighted by Gasteiger charge is 2.32. The first kappa shape index (κ1) is 15.3. The topological polar surface area (TPSA) is 43.9 Å². The van der Waals surface area contributed by atoms with Crippen LogP contribution in [0.2, 0.25) is 0 Å². The van der Waals surface area contributed by atoms with Crippen LogP contribution in [0.15, 0.2) is 24.3 Å². The van der Waals surface area contributed by atoms with Crippen molar-refractivity contribution in [1.82, 2.24) is 9.80 Å². The van der Waals surface area contributed by atoms with Gasteiger partial charge in [-0.15, -0.1) is 0 Å². The number of amides is 3. The minimum Gasteiger partial charge on any atom is -0.342 e. The number of carbonyl (C=O) groups is 2. The Kier molecular flexibility index (Phi) is 4.77. The lowest BCUT2D eigenvalue weighted by atomic mass is 10.3. The monoisotopic (exact) mass is 293 g/mol. The number of hydrogen-bond donors (Lipinski definition) is 0. The maximum absolute atomic E-state index is 13.8. The number of benzene rings is 1. The molecule has 0 N–H and O–H groups in total. The van der Waals surface area contributed by atoms with E-state index in [1.54, 1.807) is 23.1 Å². The van der Waals surface area contributed by atoms with Gasteiger partial charge in [-0.1, -0.05) is 12.1 Å². The van der Waals surface area contributed by atoms with Crippen LogP contribution < -0.4 is 4.90 Å². The molecular formula is C15H20FN3O2. The molecule has 2 rings (SSSR count). The van der Waals surface area contributed by atoms with E-state index in [9.17, 15) is 14.0 Å². The summed E-state index contributed by atoms with van der Waals surface area (Å²) in [5.74, 6) is -0.508. The Bertz CT molecular complexity index is 531. The van der Waals surface area contributed by atoms with Crippen LogP contribution in [0.25, 0.3) is 0 Å². The van der Waals surface area contributed by atoms with Crippen molar-refractivity contribution >= 4 is 17.6 Å². The van der Waals surface area contributed by atoms with Crippen LogP contribution in [-0.4, -0.2) is 54.5 Å². The van der Waals surface area contributed by atoms with Crippen LogP contribution in [0.3, 0.4) is 0 Å². The van der Waals surface area contributed by atoms with Crippen molar-refractivity contribution in [1.29, 1.82) is 0 Å². The van der Waals surface area contributed by atoms with Gasteiger partial charge in [-0.2, -0.15) is 0 Å². The van der Waals surface area contributed by atoms with Crippen molar-refractivity contribution in [2.75, 3.05) is 37.6 Å². The lowest BCUT2D eigenvalue weighted by Gasteiger charge is -2.23. The summed E-state index contributed by atoms with van der Waals surface area (Å²) in [6.07, 6.45) is 0. The number of hydrogen-bond acceptors (Lipinski definition) is 2. The minimum atomic E-state index is -0.428. The molecule has 1 heterocycles. The quantitative estimate of drug-likeness (QED) is 0.832. The average Bonchev–Trinajstić information content (AvgIpc) is 2.82. The molecule has 0 atom stereocenters. The maximum Gasteiger partial charge on any atom is 0.325 e. The van der Waals surface area contributed by atoms with Gasteiger partial charge < -0.3 is 9.80 Å². The second-order valence-corrected chi connectivity index (χ2v) is 4.87. The minimum absolute atomic E-state index is 0.0471. The van der Waals surface area contributed by atoms with E-state index in [1.165, 1.54) is 15.9 Å². The van der Waals surface area contributed by atoms with Crippen LogP contribution in [0.1, 0.15) is 13.8 Å². The third-order valence-corrected chi connectivity index (χ3v) is 3.68. The molecule has 0 unspecified atom stereocenters. The Labute approximate surface area is 123 Å². The highest BCUT2D eigenvalue weighted by Crippen LogP contribution is 2.23. The second kappa shape index (κ2) is 6.56. The molecule has 0 aliphatic carbocycles. The molecule has 1 aromatic rings. The third-order valence-electron chi connectivity index (χ3n) is 3.68. The molecule has 0 bridgehead atoms. The number of halogens is 1. The first-order valence-corrected chi connectivity index (χ1v) is 7.17.